The predicted octanol–water partition coefficient (Wildman–Crippen LogP) is 3.22. The Kier molecular flexibility index (Phi) is 7.65. The number of rotatable bonds is 10. The predicted molar refractivity (Wildman–Crippen MR) is 75.4 cm³/mol. The molecule has 0 aliphatic rings. The fraction of sp³-hybridized carbons (Fsp3) is 0.857. The molecule has 1 atom stereocenters. The molecule has 0 fully saturated rings. The van der Waals surface area contributed by atoms with Gasteiger partial charge in [0.1, 0.15) is 12.2 Å². The van der Waals surface area contributed by atoms with Crippen molar-refractivity contribution in [2.24, 2.45) is 7.05 Å². The molecule has 0 spiro atoms. The lowest BCUT2D eigenvalue weighted by Crippen LogP contribution is -2.25. The zero-order valence-electron chi connectivity index (χ0n) is 12.2. The van der Waals surface area contributed by atoms with Gasteiger partial charge in [0.15, 0.2) is 0 Å². The second-order valence-electron chi connectivity index (χ2n) is 4.95. The van der Waals surface area contributed by atoms with E-state index in [2.05, 4.69) is 29.2 Å². The van der Waals surface area contributed by atoms with Gasteiger partial charge in [-0.3, -0.25) is 4.68 Å². The third-order valence-electron chi connectivity index (χ3n) is 3.30. The van der Waals surface area contributed by atoms with Crippen molar-refractivity contribution >= 4 is 0 Å². The second kappa shape index (κ2) is 9.09. The summed E-state index contributed by atoms with van der Waals surface area (Å²) in [6.07, 6.45) is 10.6. The topological polar surface area (TPSA) is 42.7 Å². The summed E-state index contributed by atoms with van der Waals surface area (Å²) < 4.78 is 1.89. The normalized spacial score (nSPS) is 12.8. The van der Waals surface area contributed by atoms with Crippen molar-refractivity contribution in [3.8, 4) is 0 Å². The number of nitrogens with zero attached hydrogens (tertiary/aromatic N) is 3. The summed E-state index contributed by atoms with van der Waals surface area (Å²) >= 11 is 0. The Bertz CT molecular complexity index is 308. The summed E-state index contributed by atoms with van der Waals surface area (Å²) in [5, 5.41) is 7.75. The van der Waals surface area contributed by atoms with Gasteiger partial charge in [-0.2, -0.15) is 5.10 Å². The van der Waals surface area contributed by atoms with E-state index in [4.69, 9.17) is 0 Å². The van der Waals surface area contributed by atoms with Crippen LogP contribution in [0.25, 0.3) is 0 Å². The molecular formula is C14H28N4. The van der Waals surface area contributed by atoms with Crippen molar-refractivity contribution in [3.05, 3.63) is 12.2 Å². The highest BCUT2D eigenvalue weighted by Crippen LogP contribution is 2.18. The van der Waals surface area contributed by atoms with Crippen LogP contribution in [-0.4, -0.2) is 21.3 Å². The maximum atomic E-state index is 4.37. The summed E-state index contributed by atoms with van der Waals surface area (Å²) in [4.78, 5) is 4.37. The zero-order chi connectivity index (χ0) is 13.2. The number of unbranched alkanes of at least 4 members (excludes halogenated alkanes) is 4. The van der Waals surface area contributed by atoms with Gasteiger partial charge in [-0.05, 0) is 19.4 Å². The Balaban J connectivity index is 2.39. The monoisotopic (exact) mass is 252 g/mol. The van der Waals surface area contributed by atoms with E-state index in [1.54, 1.807) is 6.33 Å². The largest absolute Gasteiger partial charge is 0.307 e. The average Bonchev–Trinajstić information content (AvgIpc) is 2.79. The summed E-state index contributed by atoms with van der Waals surface area (Å²) in [5.41, 5.74) is 0. The standard InChI is InChI=1S/C14H28N4/c1-4-6-7-8-9-10-13(15-11-5-2)14-16-12-17-18(14)3/h12-13,15H,4-11H2,1-3H3. The van der Waals surface area contributed by atoms with Gasteiger partial charge in [0.05, 0.1) is 6.04 Å². The number of aromatic nitrogens is 3. The van der Waals surface area contributed by atoms with Crippen LogP contribution in [0.15, 0.2) is 6.33 Å². The lowest BCUT2D eigenvalue weighted by molar-refractivity contribution is 0.435. The third kappa shape index (κ3) is 5.17. The molecule has 1 aromatic heterocycles. The molecule has 0 amide bonds. The Morgan fingerprint density at radius 1 is 1.17 bits per heavy atom. The Labute approximate surface area is 111 Å². The molecule has 1 N–H and O–H groups in total. The van der Waals surface area contributed by atoms with Gasteiger partial charge < -0.3 is 5.32 Å². The molecule has 1 heterocycles. The molecule has 0 radical (unpaired) electrons. The molecule has 0 bridgehead atoms. The van der Waals surface area contributed by atoms with Crippen LogP contribution >= 0.6 is 0 Å². The molecule has 0 aromatic carbocycles. The van der Waals surface area contributed by atoms with E-state index in [1.165, 1.54) is 32.1 Å². The number of hydrogen-bond donors (Lipinski definition) is 1. The average molecular weight is 252 g/mol. The summed E-state index contributed by atoms with van der Waals surface area (Å²) in [5.74, 6) is 1.07. The van der Waals surface area contributed by atoms with Gasteiger partial charge in [0.2, 0.25) is 0 Å². The SMILES string of the molecule is CCCCCCCC(NCCC)c1ncnn1C. The molecule has 0 saturated carbocycles. The molecule has 4 heteroatoms. The van der Waals surface area contributed by atoms with Crippen LogP contribution in [-0.2, 0) is 7.05 Å². The van der Waals surface area contributed by atoms with Crippen LogP contribution in [0.4, 0.5) is 0 Å². The van der Waals surface area contributed by atoms with Gasteiger partial charge >= 0.3 is 0 Å². The van der Waals surface area contributed by atoms with Crippen LogP contribution in [0.1, 0.15) is 70.7 Å². The van der Waals surface area contributed by atoms with E-state index < -0.39 is 0 Å². The van der Waals surface area contributed by atoms with E-state index in [1.807, 2.05) is 11.7 Å². The fourth-order valence-corrected chi connectivity index (χ4v) is 2.21. The van der Waals surface area contributed by atoms with Crippen LogP contribution in [0.3, 0.4) is 0 Å². The molecule has 18 heavy (non-hydrogen) atoms. The summed E-state index contributed by atoms with van der Waals surface area (Å²) in [7, 11) is 1.97. The minimum Gasteiger partial charge on any atom is -0.307 e. The Hall–Kier alpha value is -0.900. The molecule has 4 nitrogen and oxygen atoms in total. The molecule has 1 unspecified atom stereocenters. The van der Waals surface area contributed by atoms with Crippen molar-refractivity contribution < 1.29 is 0 Å². The maximum Gasteiger partial charge on any atom is 0.143 e. The van der Waals surface area contributed by atoms with Crippen molar-refractivity contribution in [1.82, 2.24) is 20.1 Å². The van der Waals surface area contributed by atoms with Crippen molar-refractivity contribution in [1.29, 1.82) is 0 Å². The first-order valence-electron chi connectivity index (χ1n) is 7.36. The minimum atomic E-state index is 0.360. The molecular weight excluding hydrogens is 224 g/mol. The third-order valence-corrected chi connectivity index (χ3v) is 3.30. The number of hydrogen-bond acceptors (Lipinski definition) is 3. The minimum absolute atomic E-state index is 0.360. The van der Waals surface area contributed by atoms with Crippen molar-refractivity contribution in [3.63, 3.8) is 0 Å². The zero-order valence-corrected chi connectivity index (χ0v) is 12.2. The van der Waals surface area contributed by atoms with Gasteiger partial charge in [-0.1, -0.05) is 46.0 Å². The molecule has 0 aliphatic carbocycles. The van der Waals surface area contributed by atoms with E-state index in [9.17, 15) is 0 Å². The van der Waals surface area contributed by atoms with E-state index in [0.717, 1.165) is 25.2 Å². The summed E-state index contributed by atoms with van der Waals surface area (Å²) in [6, 6.07) is 0.360. The van der Waals surface area contributed by atoms with Crippen LogP contribution in [0.5, 0.6) is 0 Å². The van der Waals surface area contributed by atoms with Crippen LogP contribution in [0, 0.1) is 0 Å². The molecule has 0 saturated heterocycles. The Morgan fingerprint density at radius 2 is 1.94 bits per heavy atom. The highest BCUT2D eigenvalue weighted by atomic mass is 15.3. The molecule has 0 aliphatic heterocycles. The van der Waals surface area contributed by atoms with Crippen molar-refractivity contribution in [2.75, 3.05) is 6.54 Å². The Morgan fingerprint density at radius 3 is 2.56 bits per heavy atom. The second-order valence-corrected chi connectivity index (χ2v) is 4.95. The van der Waals surface area contributed by atoms with Crippen molar-refractivity contribution in [2.45, 2.75) is 64.8 Å². The highest BCUT2D eigenvalue weighted by molar-refractivity contribution is 4.93. The molecule has 1 rings (SSSR count). The lowest BCUT2D eigenvalue weighted by atomic mass is 10.1. The first-order chi connectivity index (χ1) is 8.79. The smallest absolute Gasteiger partial charge is 0.143 e. The summed E-state index contributed by atoms with van der Waals surface area (Å²) in [6.45, 7) is 5.50. The molecule has 104 valence electrons. The maximum absolute atomic E-state index is 4.37. The van der Waals surface area contributed by atoms with E-state index in [0.29, 0.717) is 6.04 Å². The highest BCUT2D eigenvalue weighted by Gasteiger charge is 2.15. The first kappa shape index (κ1) is 15.2. The van der Waals surface area contributed by atoms with E-state index in [-0.39, 0.29) is 0 Å². The van der Waals surface area contributed by atoms with Gasteiger partial charge in [0, 0.05) is 7.05 Å². The quantitative estimate of drug-likeness (QED) is 0.650. The van der Waals surface area contributed by atoms with Gasteiger partial charge in [-0.15, -0.1) is 0 Å². The lowest BCUT2D eigenvalue weighted by Gasteiger charge is -2.17. The number of nitrogens with one attached hydrogen (secondary N) is 1. The van der Waals surface area contributed by atoms with Gasteiger partial charge in [0.25, 0.3) is 0 Å². The van der Waals surface area contributed by atoms with Crippen LogP contribution < -0.4 is 5.32 Å². The fourth-order valence-electron chi connectivity index (χ4n) is 2.21. The number of aryl methyl sites for hydroxylation is 1. The van der Waals surface area contributed by atoms with Crippen LogP contribution in [0.2, 0.25) is 0 Å². The molecule has 1 aromatic rings. The first-order valence-corrected chi connectivity index (χ1v) is 7.36. The van der Waals surface area contributed by atoms with E-state index >= 15 is 0 Å². The van der Waals surface area contributed by atoms with Gasteiger partial charge in [-0.25, -0.2) is 4.98 Å².